The van der Waals surface area contributed by atoms with Crippen LogP contribution in [0, 0.1) is 16.0 Å². The summed E-state index contributed by atoms with van der Waals surface area (Å²) in [5.41, 5.74) is -0.121. The van der Waals surface area contributed by atoms with Gasteiger partial charge in [0, 0.05) is 18.2 Å². The van der Waals surface area contributed by atoms with E-state index in [1.807, 2.05) is 6.92 Å². The van der Waals surface area contributed by atoms with E-state index in [1.54, 1.807) is 0 Å². The van der Waals surface area contributed by atoms with Crippen LogP contribution in [0.15, 0.2) is 29.2 Å². The number of nitro benzene ring substituents is 1. The van der Waals surface area contributed by atoms with Gasteiger partial charge in [0.2, 0.25) is 10.0 Å². The summed E-state index contributed by atoms with van der Waals surface area (Å²) in [4.78, 5) is 9.97. The van der Waals surface area contributed by atoms with Gasteiger partial charge in [-0.05, 0) is 37.8 Å². The predicted molar refractivity (Wildman–Crippen MR) is 65.6 cm³/mol. The Bertz CT molecular complexity index is 549. The molecule has 0 saturated heterocycles. The van der Waals surface area contributed by atoms with E-state index in [4.69, 9.17) is 0 Å². The van der Waals surface area contributed by atoms with E-state index >= 15 is 0 Å². The molecule has 1 saturated carbocycles. The number of sulfonamides is 1. The number of benzene rings is 1. The maximum absolute atomic E-state index is 12.0. The highest BCUT2D eigenvalue weighted by Crippen LogP contribution is 2.33. The smallest absolute Gasteiger partial charge is 0.258 e. The Balaban J connectivity index is 2.15. The first-order valence-electron chi connectivity index (χ1n) is 5.67. The lowest BCUT2D eigenvalue weighted by Gasteiger charge is -2.12. The Morgan fingerprint density at radius 1 is 1.33 bits per heavy atom. The second-order valence-corrected chi connectivity index (χ2v) is 6.21. The first kappa shape index (κ1) is 13.0. The standard InChI is InChI=1S/C11H14N2O4S/c1-8(9-2-3-9)12-18(16,17)11-6-4-10(5-7-11)13(14)15/h4-9,12H,2-3H2,1H3/t8-/m1/s1. The van der Waals surface area contributed by atoms with Crippen LogP contribution in [0.1, 0.15) is 19.8 Å². The molecule has 0 bridgehead atoms. The highest BCUT2D eigenvalue weighted by atomic mass is 32.2. The molecule has 6 nitrogen and oxygen atoms in total. The van der Waals surface area contributed by atoms with E-state index in [0.717, 1.165) is 12.8 Å². The lowest BCUT2D eigenvalue weighted by atomic mass is 10.2. The second kappa shape index (κ2) is 4.66. The van der Waals surface area contributed by atoms with Crippen LogP contribution in [0.25, 0.3) is 0 Å². The van der Waals surface area contributed by atoms with Crippen LogP contribution in [0.4, 0.5) is 5.69 Å². The maximum Gasteiger partial charge on any atom is 0.269 e. The topological polar surface area (TPSA) is 89.3 Å². The molecular formula is C11H14N2O4S. The molecule has 0 heterocycles. The molecular weight excluding hydrogens is 256 g/mol. The summed E-state index contributed by atoms with van der Waals surface area (Å²) in [6.07, 6.45) is 2.09. The molecule has 0 unspecified atom stereocenters. The molecule has 1 aromatic rings. The molecule has 98 valence electrons. The summed E-state index contributed by atoms with van der Waals surface area (Å²) < 4.78 is 26.5. The molecule has 1 fully saturated rings. The summed E-state index contributed by atoms with van der Waals surface area (Å²) in [5, 5.41) is 10.5. The number of rotatable bonds is 5. The van der Waals surface area contributed by atoms with Gasteiger partial charge in [0.1, 0.15) is 0 Å². The van der Waals surface area contributed by atoms with Crippen LogP contribution in [0.3, 0.4) is 0 Å². The first-order chi connectivity index (χ1) is 8.40. The Morgan fingerprint density at radius 2 is 1.89 bits per heavy atom. The van der Waals surface area contributed by atoms with E-state index < -0.39 is 14.9 Å². The minimum absolute atomic E-state index is 0.0561. The molecule has 0 aromatic heterocycles. The third-order valence-electron chi connectivity index (χ3n) is 3.03. The van der Waals surface area contributed by atoms with Gasteiger partial charge in [0.25, 0.3) is 5.69 Å². The molecule has 0 amide bonds. The van der Waals surface area contributed by atoms with Crippen molar-refractivity contribution in [1.82, 2.24) is 4.72 Å². The summed E-state index contributed by atoms with van der Waals surface area (Å²) in [5.74, 6) is 0.415. The molecule has 18 heavy (non-hydrogen) atoms. The third-order valence-corrected chi connectivity index (χ3v) is 4.60. The molecule has 0 radical (unpaired) electrons. The molecule has 1 aliphatic carbocycles. The highest BCUT2D eigenvalue weighted by molar-refractivity contribution is 7.89. The van der Waals surface area contributed by atoms with Crippen molar-refractivity contribution < 1.29 is 13.3 Å². The summed E-state index contributed by atoms with van der Waals surface area (Å²) in [7, 11) is -3.58. The average Bonchev–Trinajstić information content (AvgIpc) is 3.12. The van der Waals surface area contributed by atoms with Crippen LogP contribution in [0.2, 0.25) is 0 Å². The van der Waals surface area contributed by atoms with E-state index in [0.29, 0.717) is 5.92 Å². The van der Waals surface area contributed by atoms with Crippen LogP contribution >= 0.6 is 0 Å². The predicted octanol–water partition coefficient (Wildman–Crippen LogP) is 1.67. The molecule has 0 spiro atoms. The van der Waals surface area contributed by atoms with Gasteiger partial charge in [-0.1, -0.05) is 0 Å². The molecule has 2 rings (SSSR count). The zero-order chi connectivity index (χ0) is 13.3. The van der Waals surface area contributed by atoms with Crippen molar-refractivity contribution in [2.24, 2.45) is 5.92 Å². The van der Waals surface area contributed by atoms with Crippen molar-refractivity contribution in [2.45, 2.75) is 30.7 Å². The van der Waals surface area contributed by atoms with Crippen LogP contribution in [0.5, 0.6) is 0 Å². The largest absolute Gasteiger partial charge is 0.269 e. The quantitative estimate of drug-likeness (QED) is 0.651. The normalized spacial score (nSPS) is 17.4. The van der Waals surface area contributed by atoms with Gasteiger partial charge in [-0.15, -0.1) is 0 Å². The number of nitro groups is 1. The zero-order valence-corrected chi connectivity index (χ0v) is 10.7. The molecule has 1 aromatic carbocycles. The van der Waals surface area contributed by atoms with Gasteiger partial charge < -0.3 is 0 Å². The fourth-order valence-electron chi connectivity index (χ4n) is 1.75. The number of nitrogens with one attached hydrogen (secondary N) is 1. The Kier molecular flexibility index (Phi) is 3.36. The van der Waals surface area contributed by atoms with Crippen molar-refractivity contribution in [3.05, 3.63) is 34.4 Å². The fourth-order valence-corrected chi connectivity index (χ4v) is 3.06. The molecule has 1 aliphatic rings. The minimum atomic E-state index is -3.58. The first-order valence-corrected chi connectivity index (χ1v) is 7.15. The summed E-state index contributed by atoms with van der Waals surface area (Å²) in [6.45, 7) is 1.83. The number of hydrogen-bond acceptors (Lipinski definition) is 4. The maximum atomic E-state index is 12.0. The Hall–Kier alpha value is -1.47. The number of hydrogen-bond donors (Lipinski definition) is 1. The molecule has 1 N–H and O–H groups in total. The van der Waals surface area contributed by atoms with E-state index in [-0.39, 0.29) is 16.6 Å². The van der Waals surface area contributed by atoms with Gasteiger partial charge in [-0.25, -0.2) is 13.1 Å². The number of non-ortho nitro benzene ring substituents is 1. The van der Waals surface area contributed by atoms with Gasteiger partial charge in [-0.3, -0.25) is 10.1 Å². The Morgan fingerprint density at radius 3 is 2.33 bits per heavy atom. The van der Waals surface area contributed by atoms with Crippen molar-refractivity contribution in [1.29, 1.82) is 0 Å². The van der Waals surface area contributed by atoms with Crippen LogP contribution in [-0.4, -0.2) is 19.4 Å². The van der Waals surface area contributed by atoms with Gasteiger partial charge >= 0.3 is 0 Å². The Labute approximate surface area is 105 Å². The monoisotopic (exact) mass is 270 g/mol. The van der Waals surface area contributed by atoms with Gasteiger partial charge in [-0.2, -0.15) is 0 Å². The highest BCUT2D eigenvalue weighted by Gasteiger charge is 2.31. The molecule has 0 aliphatic heterocycles. The van der Waals surface area contributed by atoms with Crippen LogP contribution in [-0.2, 0) is 10.0 Å². The van der Waals surface area contributed by atoms with Gasteiger partial charge in [0.05, 0.1) is 9.82 Å². The fraction of sp³-hybridized carbons (Fsp3) is 0.455. The SMILES string of the molecule is C[C@@H](NS(=O)(=O)c1ccc([N+](=O)[O-])cc1)C1CC1. The lowest BCUT2D eigenvalue weighted by molar-refractivity contribution is -0.384. The molecule has 7 heteroatoms. The van der Waals surface area contributed by atoms with Gasteiger partial charge in [0.15, 0.2) is 0 Å². The van der Waals surface area contributed by atoms with E-state index in [9.17, 15) is 18.5 Å². The minimum Gasteiger partial charge on any atom is -0.258 e. The summed E-state index contributed by atoms with van der Waals surface area (Å²) >= 11 is 0. The van der Waals surface area contributed by atoms with Crippen LogP contribution < -0.4 is 4.72 Å². The molecule has 1 atom stereocenters. The van der Waals surface area contributed by atoms with Crippen molar-refractivity contribution in [2.75, 3.05) is 0 Å². The lowest BCUT2D eigenvalue weighted by Crippen LogP contribution is -2.33. The van der Waals surface area contributed by atoms with Crippen molar-refractivity contribution in [3.8, 4) is 0 Å². The second-order valence-electron chi connectivity index (χ2n) is 4.50. The summed E-state index contributed by atoms with van der Waals surface area (Å²) in [6, 6.07) is 4.79. The van der Waals surface area contributed by atoms with E-state index in [1.165, 1.54) is 24.3 Å². The zero-order valence-electron chi connectivity index (χ0n) is 9.87. The van der Waals surface area contributed by atoms with Crippen molar-refractivity contribution in [3.63, 3.8) is 0 Å². The van der Waals surface area contributed by atoms with E-state index in [2.05, 4.69) is 4.72 Å². The average molecular weight is 270 g/mol. The third kappa shape index (κ3) is 2.85. The number of nitrogens with zero attached hydrogens (tertiary/aromatic N) is 1. The van der Waals surface area contributed by atoms with Crippen molar-refractivity contribution >= 4 is 15.7 Å².